The van der Waals surface area contributed by atoms with E-state index in [-0.39, 0.29) is 7.43 Å². The molecule has 0 aliphatic carbocycles. The number of hydrogen-bond acceptors (Lipinski definition) is 4. The van der Waals surface area contributed by atoms with Crippen LogP contribution < -0.4 is 4.90 Å². The Bertz CT molecular complexity index is 443. The topological polar surface area (TPSA) is 49.7 Å². The summed E-state index contributed by atoms with van der Waals surface area (Å²) < 4.78 is 24.3. The van der Waals surface area contributed by atoms with E-state index >= 15 is 0 Å². The van der Waals surface area contributed by atoms with Crippen LogP contribution in [-0.2, 0) is 10.5 Å². The molecule has 5 heteroatoms. The molecule has 1 rings (SSSR count). The summed E-state index contributed by atoms with van der Waals surface area (Å²) in [6.07, 6.45) is 0. The Morgan fingerprint density at radius 2 is 1.88 bits per heavy atom. The Hall–Kier alpha value is -1.36. The van der Waals surface area contributed by atoms with Crippen LogP contribution in [0.1, 0.15) is 21.3 Å². The molecule has 90 valence electrons. The monoisotopic (exact) mass is 242 g/mol. The van der Waals surface area contributed by atoms with E-state index in [1.165, 1.54) is 0 Å². The van der Waals surface area contributed by atoms with Crippen molar-refractivity contribution in [3.63, 3.8) is 0 Å². The molecule has 0 saturated heterocycles. The zero-order chi connectivity index (χ0) is 11.3. The summed E-state index contributed by atoms with van der Waals surface area (Å²) in [6.45, 7) is 5.89. The van der Waals surface area contributed by atoms with Crippen molar-refractivity contribution in [3.05, 3.63) is 24.3 Å². The molecular weight excluding hydrogens is 224 g/mol. The van der Waals surface area contributed by atoms with Gasteiger partial charge in [-0.1, -0.05) is 13.5 Å². The van der Waals surface area contributed by atoms with Gasteiger partial charge in [0.25, 0.3) is 0 Å². The smallest absolute Gasteiger partial charge is 0.316 e. The van der Waals surface area contributed by atoms with E-state index in [2.05, 4.69) is 23.1 Å². The van der Waals surface area contributed by atoms with Crippen molar-refractivity contribution in [1.82, 2.24) is 0 Å². The molecule has 4 nitrogen and oxygen atoms in total. The van der Waals surface area contributed by atoms with Gasteiger partial charge >= 0.3 is 10.5 Å². The lowest BCUT2D eigenvalue weighted by atomic mass is 10.2. The molecule has 0 aromatic heterocycles. The summed E-state index contributed by atoms with van der Waals surface area (Å²) >= 11 is 0. The van der Waals surface area contributed by atoms with Crippen LogP contribution >= 0.6 is 0 Å². The average Bonchev–Trinajstić information content (AvgIpc) is 2.19. The second-order valence-electron chi connectivity index (χ2n) is 3.00. The minimum atomic E-state index is -2.39. The molecule has 0 bridgehead atoms. The molecule has 0 unspecified atom stereocenters. The van der Waals surface area contributed by atoms with Crippen LogP contribution in [0, 0.1) is 0 Å². The molecule has 0 amide bonds. The largest absolute Gasteiger partial charge is 0.372 e. The van der Waals surface area contributed by atoms with Crippen molar-refractivity contribution in [2.75, 3.05) is 18.0 Å². The zero-order valence-electron chi connectivity index (χ0n) is 8.84. The lowest BCUT2D eigenvalue weighted by Gasteiger charge is -2.20. The van der Waals surface area contributed by atoms with Gasteiger partial charge in [0.1, 0.15) is 0 Å². The maximum atomic E-state index is 10.4. The van der Waals surface area contributed by atoms with E-state index in [1.54, 1.807) is 18.2 Å². The van der Waals surface area contributed by atoms with Gasteiger partial charge in [-0.15, -0.1) is 4.36 Å². The van der Waals surface area contributed by atoms with Crippen molar-refractivity contribution < 1.29 is 8.42 Å². The number of nitrogens with zero attached hydrogens (tertiary/aromatic N) is 2. The van der Waals surface area contributed by atoms with Crippen LogP contribution in [0.4, 0.5) is 11.4 Å². The molecule has 0 atom stereocenters. The number of anilines is 1. The highest BCUT2D eigenvalue weighted by Gasteiger charge is 2.01. The summed E-state index contributed by atoms with van der Waals surface area (Å²) in [5.74, 6) is 0. The van der Waals surface area contributed by atoms with Gasteiger partial charge in [-0.2, -0.15) is 8.42 Å². The van der Waals surface area contributed by atoms with Gasteiger partial charge in [0, 0.05) is 18.8 Å². The van der Waals surface area contributed by atoms with Crippen molar-refractivity contribution in [1.29, 1.82) is 0 Å². The molecular formula is C11H18N2O2S. The van der Waals surface area contributed by atoms with Crippen LogP contribution in [0.15, 0.2) is 28.6 Å². The second-order valence-corrected chi connectivity index (χ2v) is 3.62. The summed E-state index contributed by atoms with van der Waals surface area (Å²) in [7, 11) is -2.39. The summed E-state index contributed by atoms with van der Waals surface area (Å²) in [5.41, 5.74) is 1.46. The van der Waals surface area contributed by atoms with Crippen molar-refractivity contribution >= 4 is 21.9 Å². The Morgan fingerprint density at radius 1 is 1.25 bits per heavy atom. The molecule has 0 aliphatic rings. The fourth-order valence-electron chi connectivity index (χ4n) is 1.42. The van der Waals surface area contributed by atoms with E-state index in [9.17, 15) is 8.42 Å². The average molecular weight is 242 g/mol. The lowest BCUT2D eigenvalue weighted by molar-refractivity contribution is 0.622. The number of rotatable bonds is 4. The minimum absolute atomic E-state index is 0. The second kappa shape index (κ2) is 7.00. The molecule has 0 saturated carbocycles. The van der Waals surface area contributed by atoms with Crippen molar-refractivity contribution in [3.8, 4) is 0 Å². The molecule has 1 aromatic rings. The Kier molecular flexibility index (Phi) is 6.41. The highest BCUT2D eigenvalue weighted by atomic mass is 32.2. The molecule has 0 radical (unpaired) electrons. The van der Waals surface area contributed by atoms with Gasteiger partial charge in [0.05, 0.1) is 5.69 Å². The SMILES string of the molecule is C.CCN(CC)c1cccc(N=S(=O)=O)c1. The van der Waals surface area contributed by atoms with E-state index < -0.39 is 10.5 Å². The Balaban J connectivity index is 0.00000225. The molecule has 0 aliphatic heterocycles. The first-order valence-corrected chi connectivity index (χ1v) is 5.86. The fraction of sp³-hybridized carbons (Fsp3) is 0.455. The normalized spacial score (nSPS) is 9.12. The van der Waals surface area contributed by atoms with E-state index in [0.29, 0.717) is 5.69 Å². The number of hydrogen-bond donors (Lipinski definition) is 0. The molecule has 0 spiro atoms. The number of benzene rings is 1. The highest BCUT2D eigenvalue weighted by Crippen LogP contribution is 2.21. The van der Waals surface area contributed by atoms with Gasteiger partial charge in [-0.05, 0) is 32.0 Å². The third-order valence-corrected chi connectivity index (χ3v) is 2.50. The maximum Gasteiger partial charge on any atom is 0.316 e. The van der Waals surface area contributed by atoms with Gasteiger partial charge in [0.2, 0.25) is 0 Å². The standard InChI is InChI=1S/C10H14N2O2S.CH4/c1-3-12(4-2)10-7-5-6-9(8-10)11-15(13)14;/h5-8H,3-4H2,1-2H3;1H4. The molecule has 16 heavy (non-hydrogen) atoms. The molecule has 0 heterocycles. The van der Waals surface area contributed by atoms with Crippen LogP contribution in [0.5, 0.6) is 0 Å². The van der Waals surface area contributed by atoms with Crippen LogP contribution in [0.2, 0.25) is 0 Å². The third-order valence-electron chi connectivity index (χ3n) is 2.14. The maximum absolute atomic E-state index is 10.4. The summed E-state index contributed by atoms with van der Waals surface area (Å²) in [5, 5.41) is 0. The first kappa shape index (κ1) is 14.6. The van der Waals surface area contributed by atoms with Crippen molar-refractivity contribution in [2.45, 2.75) is 21.3 Å². The molecule has 0 fully saturated rings. The van der Waals surface area contributed by atoms with Crippen LogP contribution in [0.25, 0.3) is 0 Å². The molecule has 0 N–H and O–H groups in total. The Labute approximate surface area is 98.6 Å². The minimum Gasteiger partial charge on any atom is -0.372 e. The van der Waals surface area contributed by atoms with Gasteiger partial charge < -0.3 is 4.90 Å². The Morgan fingerprint density at radius 3 is 2.38 bits per heavy atom. The molecule has 1 aromatic carbocycles. The van der Waals surface area contributed by atoms with Gasteiger partial charge in [0.15, 0.2) is 0 Å². The van der Waals surface area contributed by atoms with Gasteiger partial charge in [-0.25, -0.2) is 0 Å². The summed E-state index contributed by atoms with van der Waals surface area (Å²) in [6, 6.07) is 7.19. The van der Waals surface area contributed by atoms with Crippen molar-refractivity contribution in [2.24, 2.45) is 4.36 Å². The zero-order valence-corrected chi connectivity index (χ0v) is 9.66. The predicted octanol–water partition coefficient (Wildman–Crippen LogP) is 2.86. The third kappa shape index (κ3) is 4.02. The first-order chi connectivity index (χ1) is 7.17. The first-order valence-electron chi connectivity index (χ1n) is 4.83. The summed E-state index contributed by atoms with van der Waals surface area (Å²) in [4.78, 5) is 2.13. The fourth-order valence-corrected chi connectivity index (χ4v) is 1.71. The van der Waals surface area contributed by atoms with E-state index in [4.69, 9.17) is 0 Å². The lowest BCUT2D eigenvalue weighted by Crippen LogP contribution is -2.21. The van der Waals surface area contributed by atoms with Gasteiger partial charge in [-0.3, -0.25) is 0 Å². The van der Waals surface area contributed by atoms with E-state index in [0.717, 1.165) is 18.8 Å². The predicted molar refractivity (Wildman–Crippen MR) is 67.7 cm³/mol. The van der Waals surface area contributed by atoms with Crippen LogP contribution in [0.3, 0.4) is 0 Å². The van der Waals surface area contributed by atoms with Crippen LogP contribution in [-0.4, -0.2) is 21.5 Å². The highest BCUT2D eigenvalue weighted by molar-refractivity contribution is 7.61. The quantitative estimate of drug-likeness (QED) is 0.815. The van der Waals surface area contributed by atoms with E-state index in [1.807, 2.05) is 6.07 Å².